The van der Waals surface area contributed by atoms with Crippen LogP contribution in [0.3, 0.4) is 0 Å². The van der Waals surface area contributed by atoms with Crippen LogP contribution in [-0.4, -0.2) is 37.1 Å². The molecule has 0 aliphatic heterocycles. The van der Waals surface area contributed by atoms with Gasteiger partial charge >= 0.3 is 0 Å². The Morgan fingerprint density at radius 3 is 2.38 bits per heavy atom. The maximum absolute atomic E-state index is 8.70. The summed E-state index contributed by atoms with van der Waals surface area (Å²) in [5.41, 5.74) is 0. The largest absolute Gasteiger partial charge is 0.394 e. The van der Waals surface area contributed by atoms with Gasteiger partial charge in [0, 0.05) is 6.61 Å². The monoisotopic (exact) mass is 190 g/mol. The van der Waals surface area contributed by atoms with Crippen LogP contribution in [-0.2, 0) is 9.47 Å². The molecule has 80 valence electrons. The molecule has 3 heteroatoms. The van der Waals surface area contributed by atoms with E-state index < -0.39 is 0 Å². The minimum absolute atomic E-state index is 0.0711. The van der Waals surface area contributed by atoms with Crippen molar-refractivity contribution in [3.63, 3.8) is 0 Å². The van der Waals surface area contributed by atoms with Gasteiger partial charge in [-0.1, -0.05) is 13.3 Å². The SMILES string of the molecule is CCCCO[C@@H](C)CO[C@H](C)CO. The lowest BCUT2D eigenvalue weighted by Gasteiger charge is -2.15. The zero-order valence-corrected chi connectivity index (χ0v) is 8.95. The summed E-state index contributed by atoms with van der Waals surface area (Å²) in [6, 6.07) is 0. The van der Waals surface area contributed by atoms with Crippen molar-refractivity contribution in [2.75, 3.05) is 19.8 Å². The Labute approximate surface area is 81.0 Å². The fourth-order valence-corrected chi connectivity index (χ4v) is 0.829. The first-order valence-corrected chi connectivity index (χ1v) is 5.04. The van der Waals surface area contributed by atoms with Gasteiger partial charge in [0.2, 0.25) is 0 Å². The highest BCUT2D eigenvalue weighted by Gasteiger charge is 2.05. The molecule has 0 heterocycles. The lowest BCUT2D eigenvalue weighted by atomic mass is 10.3. The molecule has 0 unspecified atom stereocenters. The summed E-state index contributed by atoms with van der Waals surface area (Å²) in [6.45, 7) is 7.40. The van der Waals surface area contributed by atoms with Gasteiger partial charge in [-0.15, -0.1) is 0 Å². The molecule has 1 N–H and O–H groups in total. The van der Waals surface area contributed by atoms with Crippen LogP contribution in [0.2, 0.25) is 0 Å². The third-order valence-corrected chi connectivity index (χ3v) is 1.77. The molecule has 0 amide bonds. The van der Waals surface area contributed by atoms with Crippen LogP contribution >= 0.6 is 0 Å². The zero-order chi connectivity index (χ0) is 10.1. The van der Waals surface area contributed by atoms with Gasteiger partial charge in [0.15, 0.2) is 0 Å². The van der Waals surface area contributed by atoms with Gasteiger partial charge in [-0.3, -0.25) is 0 Å². The molecule has 13 heavy (non-hydrogen) atoms. The third-order valence-electron chi connectivity index (χ3n) is 1.77. The summed E-state index contributed by atoms with van der Waals surface area (Å²) >= 11 is 0. The maximum atomic E-state index is 8.70. The van der Waals surface area contributed by atoms with Crippen LogP contribution < -0.4 is 0 Å². The zero-order valence-electron chi connectivity index (χ0n) is 8.95. The average Bonchev–Trinajstić information content (AvgIpc) is 2.14. The van der Waals surface area contributed by atoms with E-state index in [1.165, 1.54) is 0 Å². The number of rotatable bonds is 8. The molecule has 0 saturated heterocycles. The number of hydrogen-bond donors (Lipinski definition) is 1. The van der Waals surface area contributed by atoms with Crippen molar-refractivity contribution in [1.29, 1.82) is 0 Å². The van der Waals surface area contributed by atoms with E-state index in [0.29, 0.717) is 6.61 Å². The minimum atomic E-state index is -0.0859. The standard InChI is InChI=1S/C10H22O3/c1-4-5-6-12-10(3)8-13-9(2)7-11/h9-11H,4-8H2,1-3H3/t9-,10+/m1/s1. The number of hydrogen-bond acceptors (Lipinski definition) is 3. The number of ether oxygens (including phenoxy) is 2. The Hall–Kier alpha value is -0.120. The summed E-state index contributed by atoms with van der Waals surface area (Å²) in [7, 11) is 0. The Morgan fingerprint density at radius 2 is 1.85 bits per heavy atom. The summed E-state index contributed by atoms with van der Waals surface area (Å²) in [5.74, 6) is 0. The van der Waals surface area contributed by atoms with E-state index in [2.05, 4.69) is 6.92 Å². The number of aliphatic hydroxyl groups excluding tert-OH is 1. The average molecular weight is 190 g/mol. The molecule has 0 spiro atoms. The second-order valence-electron chi connectivity index (χ2n) is 3.36. The Bertz CT molecular complexity index is 106. The molecule has 0 aliphatic rings. The van der Waals surface area contributed by atoms with Crippen molar-refractivity contribution in [3.05, 3.63) is 0 Å². The van der Waals surface area contributed by atoms with Crippen molar-refractivity contribution in [2.24, 2.45) is 0 Å². The van der Waals surface area contributed by atoms with Crippen LogP contribution in [0.1, 0.15) is 33.6 Å². The van der Waals surface area contributed by atoms with Crippen LogP contribution in [0.15, 0.2) is 0 Å². The van der Waals surface area contributed by atoms with Gasteiger partial charge in [-0.2, -0.15) is 0 Å². The molecule has 0 fully saturated rings. The Balaban J connectivity index is 3.24. The van der Waals surface area contributed by atoms with E-state index in [4.69, 9.17) is 14.6 Å². The molecule has 2 atom stereocenters. The summed E-state index contributed by atoms with van der Waals surface area (Å²) in [6.07, 6.45) is 2.29. The highest BCUT2D eigenvalue weighted by Crippen LogP contribution is 1.98. The molecule has 3 nitrogen and oxygen atoms in total. The predicted octanol–water partition coefficient (Wildman–Crippen LogP) is 1.59. The van der Waals surface area contributed by atoms with Crippen molar-refractivity contribution in [3.8, 4) is 0 Å². The molecule has 0 bridgehead atoms. The van der Waals surface area contributed by atoms with E-state index in [1.807, 2.05) is 13.8 Å². The fraction of sp³-hybridized carbons (Fsp3) is 1.00. The topological polar surface area (TPSA) is 38.7 Å². The summed E-state index contributed by atoms with van der Waals surface area (Å²) in [5, 5.41) is 8.70. The Morgan fingerprint density at radius 1 is 1.15 bits per heavy atom. The van der Waals surface area contributed by atoms with Gasteiger partial charge in [-0.05, 0) is 20.3 Å². The van der Waals surface area contributed by atoms with Crippen LogP contribution in [0.5, 0.6) is 0 Å². The lowest BCUT2D eigenvalue weighted by molar-refractivity contribution is -0.0457. The number of unbranched alkanes of at least 4 members (excludes halogenated alkanes) is 1. The normalized spacial score (nSPS) is 15.7. The van der Waals surface area contributed by atoms with E-state index >= 15 is 0 Å². The van der Waals surface area contributed by atoms with Gasteiger partial charge in [-0.25, -0.2) is 0 Å². The van der Waals surface area contributed by atoms with Crippen molar-refractivity contribution in [2.45, 2.75) is 45.8 Å². The van der Waals surface area contributed by atoms with Crippen LogP contribution in [0.25, 0.3) is 0 Å². The molecular weight excluding hydrogens is 168 g/mol. The minimum Gasteiger partial charge on any atom is -0.394 e. The first-order valence-electron chi connectivity index (χ1n) is 5.04. The van der Waals surface area contributed by atoms with E-state index in [1.54, 1.807) is 0 Å². The molecule has 0 aromatic carbocycles. The van der Waals surface area contributed by atoms with Gasteiger partial charge in [0.1, 0.15) is 0 Å². The van der Waals surface area contributed by atoms with Gasteiger partial charge < -0.3 is 14.6 Å². The first-order chi connectivity index (χ1) is 6.20. The highest BCUT2D eigenvalue weighted by atomic mass is 16.5. The number of aliphatic hydroxyl groups is 1. The Kier molecular flexibility index (Phi) is 8.40. The smallest absolute Gasteiger partial charge is 0.0780 e. The van der Waals surface area contributed by atoms with E-state index in [-0.39, 0.29) is 18.8 Å². The molecule has 0 aliphatic carbocycles. The van der Waals surface area contributed by atoms with Crippen LogP contribution in [0.4, 0.5) is 0 Å². The highest BCUT2D eigenvalue weighted by molar-refractivity contribution is 4.51. The third kappa shape index (κ3) is 8.22. The van der Waals surface area contributed by atoms with Crippen molar-refractivity contribution < 1.29 is 14.6 Å². The van der Waals surface area contributed by atoms with Gasteiger partial charge in [0.25, 0.3) is 0 Å². The molecular formula is C10H22O3. The molecule has 0 aromatic heterocycles. The lowest BCUT2D eigenvalue weighted by Crippen LogP contribution is -2.22. The van der Waals surface area contributed by atoms with Crippen molar-refractivity contribution >= 4 is 0 Å². The quantitative estimate of drug-likeness (QED) is 0.591. The molecule has 0 radical (unpaired) electrons. The first kappa shape index (κ1) is 12.9. The van der Waals surface area contributed by atoms with Crippen LogP contribution in [0, 0.1) is 0 Å². The predicted molar refractivity (Wildman–Crippen MR) is 52.8 cm³/mol. The van der Waals surface area contributed by atoms with E-state index in [9.17, 15) is 0 Å². The van der Waals surface area contributed by atoms with Crippen molar-refractivity contribution in [1.82, 2.24) is 0 Å². The van der Waals surface area contributed by atoms with Gasteiger partial charge in [0.05, 0.1) is 25.4 Å². The fourth-order valence-electron chi connectivity index (χ4n) is 0.829. The van der Waals surface area contributed by atoms with E-state index in [0.717, 1.165) is 19.4 Å². The molecule has 0 aromatic rings. The summed E-state index contributed by atoms with van der Waals surface area (Å²) < 4.78 is 10.8. The summed E-state index contributed by atoms with van der Waals surface area (Å²) in [4.78, 5) is 0. The second-order valence-corrected chi connectivity index (χ2v) is 3.36. The second kappa shape index (κ2) is 8.48. The molecule has 0 rings (SSSR count). The maximum Gasteiger partial charge on any atom is 0.0780 e. The molecule has 0 saturated carbocycles.